The molecule has 1 aromatic rings. The SMILES string of the molecule is NS(=O)(=O)N1C(=O)Cc2ccccc21. The molecule has 1 aliphatic rings. The average molecular weight is 212 g/mol. The molecule has 1 aliphatic heterocycles. The van der Waals surface area contributed by atoms with Crippen LogP contribution in [0.5, 0.6) is 0 Å². The quantitative estimate of drug-likeness (QED) is 0.698. The smallest absolute Gasteiger partial charge is 0.273 e. The van der Waals surface area contributed by atoms with Gasteiger partial charge in [-0.15, -0.1) is 0 Å². The van der Waals surface area contributed by atoms with E-state index in [0.717, 1.165) is 0 Å². The Morgan fingerprint density at radius 2 is 1.93 bits per heavy atom. The summed E-state index contributed by atoms with van der Waals surface area (Å²) >= 11 is 0. The second kappa shape index (κ2) is 2.79. The van der Waals surface area contributed by atoms with Crippen LogP contribution in [0.25, 0.3) is 0 Å². The van der Waals surface area contributed by atoms with Gasteiger partial charge in [-0.25, -0.2) is 5.14 Å². The van der Waals surface area contributed by atoms with E-state index in [4.69, 9.17) is 5.14 Å². The summed E-state index contributed by atoms with van der Waals surface area (Å²) in [4.78, 5) is 11.3. The lowest BCUT2D eigenvalue weighted by Crippen LogP contribution is -2.38. The zero-order valence-corrected chi connectivity index (χ0v) is 7.99. The van der Waals surface area contributed by atoms with Gasteiger partial charge in [-0.05, 0) is 11.6 Å². The minimum absolute atomic E-state index is 0.0899. The van der Waals surface area contributed by atoms with Gasteiger partial charge < -0.3 is 0 Å². The summed E-state index contributed by atoms with van der Waals surface area (Å²) in [6.07, 6.45) is 0.0899. The summed E-state index contributed by atoms with van der Waals surface area (Å²) < 4.78 is 22.8. The van der Waals surface area contributed by atoms with Gasteiger partial charge in [0, 0.05) is 0 Å². The molecule has 14 heavy (non-hydrogen) atoms. The lowest BCUT2D eigenvalue weighted by Gasteiger charge is -2.13. The van der Waals surface area contributed by atoms with Gasteiger partial charge in [0.25, 0.3) is 0 Å². The van der Waals surface area contributed by atoms with Crippen LogP contribution in [0.4, 0.5) is 5.69 Å². The number of amides is 1. The highest BCUT2D eigenvalue weighted by atomic mass is 32.2. The predicted octanol–water partition coefficient (Wildman–Crippen LogP) is -0.221. The summed E-state index contributed by atoms with van der Waals surface area (Å²) in [7, 11) is -3.98. The highest BCUT2D eigenvalue weighted by Crippen LogP contribution is 2.29. The number of carbonyl (C=O) groups is 1. The van der Waals surface area contributed by atoms with Crippen LogP contribution in [0.3, 0.4) is 0 Å². The summed E-state index contributed by atoms with van der Waals surface area (Å²) in [6.45, 7) is 0. The normalized spacial score (nSPS) is 15.8. The standard InChI is InChI=1S/C8H8N2O3S/c9-14(12,13)10-7-4-2-1-3-6(7)5-8(10)11/h1-4H,5H2,(H2,9,12,13). The first-order valence-corrected chi connectivity index (χ1v) is 5.44. The molecule has 0 unspecified atom stereocenters. The number of anilines is 1. The number of carbonyl (C=O) groups excluding carboxylic acids is 1. The minimum atomic E-state index is -3.98. The molecule has 2 N–H and O–H groups in total. The van der Waals surface area contributed by atoms with Gasteiger partial charge in [-0.1, -0.05) is 18.2 Å². The van der Waals surface area contributed by atoms with Crippen LogP contribution >= 0.6 is 0 Å². The third kappa shape index (κ3) is 1.28. The fraction of sp³-hybridized carbons (Fsp3) is 0.125. The second-order valence-corrected chi connectivity index (χ2v) is 4.40. The molecule has 2 rings (SSSR count). The molecule has 0 aliphatic carbocycles. The lowest BCUT2D eigenvalue weighted by atomic mass is 10.2. The Morgan fingerprint density at radius 3 is 2.57 bits per heavy atom. The van der Waals surface area contributed by atoms with E-state index in [0.29, 0.717) is 15.6 Å². The Kier molecular flexibility index (Phi) is 1.83. The highest BCUT2D eigenvalue weighted by molar-refractivity contribution is 7.91. The van der Waals surface area contributed by atoms with Crippen molar-refractivity contribution < 1.29 is 13.2 Å². The first-order valence-electron chi connectivity index (χ1n) is 3.94. The van der Waals surface area contributed by atoms with Crippen LogP contribution in [0.1, 0.15) is 5.56 Å². The van der Waals surface area contributed by atoms with Crippen LogP contribution in [0.2, 0.25) is 0 Å². The summed E-state index contributed by atoms with van der Waals surface area (Å²) in [5.74, 6) is -0.506. The molecule has 74 valence electrons. The molecule has 0 spiro atoms. The van der Waals surface area contributed by atoms with Gasteiger partial charge in [0.15, 0.2) is 0 Å². The molecule has 0 aromatic heterocycles. The Morgan fingerprint density at radius 1 is 1.29 bits per heavy atom. The van der Waals surface area contributed by atoms with Gasteiger partial charge in [-0.2, -0.15) is 12.7 Å². The lowest BCUT2D eigenvalue weighted by molar-refractivity contribution is -0.116. The van der Waals surface area contributed by atoms with Crippen molar-refractivity contribution in [2.75, 3.05) is 4.31 Å². The maximum Gasteiger partial charge on any atom is 0.305 e. The molecule has 0 bridgehead atoms. The summed E-state index contributed by atoms with van der Waals surface area (Å²) in [5.41, 5.74) is 1.05. The monoisotopic (exact) mass is 212 g/mol. The van der Waals surface area contributed by atoms with E-state index in [1.807, 2.05) is 0 Å². The molecule has 0 radical (unpaired) electrons. The molecular weight excluding hydrogens is 204 g/mol. The number of benzene rings is 1. The highest BCUT2D eigenvalue weighted by Gasteiger charge is 2.33. The van der Waals surface area contributed by atoms with Crippen molar-refractivity contribution in [1.29, 1.82) is 0 Å². The minimum Gasteiger partial charge on any atom is -0.273 e. The maximum atomic E-state index is 11.3. The third-order valence-corrected chi connectivity index (χ3v) is 2.94. The molecule has 5 nitrogen and oxygen atoms in total. The summed E-state index contributed by atoms with van der Waals surface area (Å²) in [5, 5.41) is 4.92. The van der Waals surface area contributed by atoms with Gasteiger partial charge in [-0.3, -0.25) is 4.79 Å². The molecule has 0 saturated carbocycles. The number of fused-ring (bicyclic) bond motifs is 1. The van der Waals surface area contributed by atoms with Crippen molar-refractivity contribution in [1.82, 2.24) is 0 Å². The number of nitrogens with zero attached hydrogens (tertiary/aromatic N) is 1. The Bertz CT molecular complexity index is 495. The van der Waals surface area contributed by atoms with Gasteiger partial charge in [0.1, 0.15) is 0 Å². The molecule has 0 fully saturated rings. The van der Waals surface area contributed by atoms with Crippen molar-refractivity contribution in [3.8, 4) is 0 Å². The van der Waals surface area contributed by atoms with Gasteiger partial charge >= 0.3 is 10.2 Å². The summed E-state index contributed by atoms with van der Waals surface area (Å²) in [6, 6.07) is 6.68. The van der Waals surface area contributed by atoms with Crippen molar-refractivity contribution in [2.24, 2.45) is 5.14 Å². The van der Waals surface area contributed by atoms with Crippen molar-refractivity contribution in [3.63, 3.8) is 0 Å². The molecule has 1 heterocycles. The number of rotatable bonds is 1. The molecule has 0 saturated heterocycles. The fourth-order valence-corrected chi connectivity index (χ4v) is 2.31. The van der Waals surface area contributed by atoms with Crippen molar-refractivity contribution >= 4 is 21.8 Å². The van der Waals surface area contributed by atoms with Crippen LogP contribution in [-0.4, -0.2) is 14.3 Å². The van der Waals surface area contributed by atoms with Crippen molar-refractivity contribution in [3.05, 3.63) is 29.8 Å². The van der Waals surface area contributed by atoms with Gasteiger partial charge in [0.2, 0.25) is 5.91 Å². The Labute approximate surface area is 81.3 Å². The molecule has 1 amide bonds. The van der Waals surface area contributed by atoms with E-state index in [2.05, 4.69) is 0 Å². The van der Waals surface area contributed by atoms with Crippen LogP contribution in [-0.2, 0) is 21.4 Å². The van der Waals surface area contributed by atoms with E-state index >= 15 is 0 Å². The third-order valence-electron chi connectivity index (χ3n) is 2.03. The van der Waals surface area contributed by atoms with E-state index in [1.54, 1.807) is 24.3 Å². The zero-order chi connectivity index (χ0) is 10.3. The average Bonchev–Trinajstić information content (AvgIpc) is 2.38. The molecule has 6 heteroatoms. The molecule has 0 atom stereocenters. The topological polar surface area (TPSA) is 80.5 Å². The Hall–Kier alpha value is -1.40. The second-order valence-electron chi connectivity index (χ2n) is 3.01. The zero-order valence-electron chi connectivity index (χ0n) is 7.17. The molecule has 1 aromatic carbocycles. The van der Waals surface area contributed by atoms with Crippen LogP contribution in [0, 0.1) is 0 Å². The van der Waals surface area contributed by atoms with E-state index < -0.39 is 16.1 Å². The van der Waals surface area contributed by atoms with Crippen molar-refractivity contribution in [2.45, 2.75) is 6.42 Å². The largest absolute Gasteiger partial charge is 0.305 e. The first-order chi connectivity index (χ1) is 6.50. The van der Waals surface area contributed by atoms with E-state index in [1.165, 1.54) is 0 Å². The number of hydrogen-bond acceptors (Lipinski definition) is 3. The van der Waals surface area contributed by atoms with E-state index in [-0.39, 0.29) is 6.42 Å². The van der Waals surface area contributed by atoms with Crippen LogP contribution in [0.15, 0.2) is 24.3 Å². The Balaban J connectivity index is 2.61. The van der Waals surface area contributed by atoms with E-state index in [9.17, 15) is 13.2 Å². The number of nitrogens with two attached hydrogens (primary N) is 1. The van der Waals surface area contributed by atoms with Crippen LogP contribution < -0.4 is 9.44 Å². The molecular formula is C8H8N2O3S. The number of hydrogen-bond donors (Lipinski definition) is 1. The number of para-hydroxylation sites is 1. The fourth-order valence-electron chi connectivity index (χ4n) is 1.51. The predicted molar refractivity (Wildman–Crippen MR) is 50.7 cm³/mol. The maximum absolute atomic E-state index is 11.3. The first kappa shape index (κ1) is 9.17. The van der Waals surface area contributed by atoms with Gasteiger partial charge in [0.05, 0.1) is 12.1 Å².